The van der Waals surface area contributed by atoms with E-state index in [9.17, 15) is 13.2 Å². The van der Waals surface area contributed by atoms with Crippen LogP contribution in [0.25, 0.3) is 11.0 Å². The quantitative estimate of drug-likeness (QED) is 0.734. The Morgan fingerprint density at radius 1 is 1.12 bits per heavy atom. The van der Waals surface area contributed by atoms with Gasteiger partial charge in [-0.3, -0.25) is 4.79 Å². The summed E-state index contributed by atoms with van der Waals surface area (Å²) in [7, 11) is -2.14. The van der Waals surface area contributed by atoms with Crippen LogP contribution in [0.5, 0.6) is 0 Å². The summed E-state index contributed by atoms with van der Waals surface area (Å²) in [6.07, 6.45) is 1.76. The van der Waals surface area contributed by atoms with Crippen LogP contribution in [0, 0.1) is 6.92 Å². The van der Waals surface area contributed by atoms with E-state index in [4.69, 9.17) is 4.42 Å². The second-order valence-electron chi connectivity index (χ2n) is 5.72. The molecule has 1 amide bonds. The molecule has 3 aromatic rings. The molecule has 0 saturated carbocycles. The van der Waals surface area contributed by atoms with E-state index in [0.717, 1.165) is 22.1 Å². The van der Waals surface area contributed by atoms with E-state index in [-0.39, 0.29) is 17.2 Å². The number of carbonyl (C=O) groups excluding carboxylic acids is 1. The lowest BCUT2D eigenvalue weighted by Gasteiger charge is -2.06. The van der Waals surface area contributed by atoms with Gasteiger partial charge < -0.3 is 9.73 Å². The lowest BCUT2D eigenvalue weighted by Crippen LogP contribution is -2.18. The van der Waals surface area contributed by atoms with E-state index in [1.807, 2.05) is 25.1 Å². The SMILES string of the molecule is CNS(=O)(=O)c1ccc(NC(=O)Cc2coc3cc(C)ccc23)cc1. The van der Waals surface area contributed by atoms with Crippen LogP contribution in [-0.4, -0.2) is 21.4 Å². The molecule has 3 rings (SSSR count). The van der Waals surface area contributed by atoms with E-state index in [2.05, 4.69) is 10.0 Å². The molecule has 0 aliphatic heterocycles. The van der Waals surface area contributed by atoms with Crippen LogP contribution in [0.1, 0.15) is 11.1 Å². The molecule has 25 heavy (non-hydrogen) atoms. The van der Waals surface area contributed by atoms with Crippen LogP contribution in [0.2, 0.25) is 0 Å². The highest BCUT2D eigenvalue weighted by molar-refractivity contribution is 7.89. The second kappa shape index (κ2) is 6.70. The second-order valence-corrected chi connectivity index (χ2v) is 7.60. The molecular formula is C18H18N2O4S. The minimum atomic E-state index is -3.49. The Bertz CT molecular complexity index is 1020. The highest BCUT2D eigenvalue weighted by Crippen LogP contribution is 2.23. The van der Waals surface area contributed by atoms with Crippen molar-refractivity contribution >= 4 is 32.6 Å². The summed E-state index contributed by atoms with van der Waals surface area (Å²) in [4.78, 5) is 12.4. The third-order valence-corrected chi connectivity index (χ3v) is 5.31. The lowest BCUT2D eigenvalue weighted by molar-refractivity contribution is -0.115. The number of furan rings is 1. The number of amides is 1. The van der Waals surface area contributed by atoms with Crippen LogP contribution in [0.4, 0.5) is 5.69 Å². The Hall–Kier alpha value is -2.64. The maximum Gasteiger partial charge on any atom is 0.240 e. The maximum atomic E-state index is 12.2. The Morgan fingerprint density at radius 3 is 2.52 bits per heavy atom. The van der Waals surface area contributed by atoms with E-state index >= 15 is 0 Å². The Morgan fingerprint density at radius 2 is 1.84 bits per heavy atom. The van der Waals surface area contributed by atoms with Crippen LogP contribution in [-0.2, 0) is 21.2 Å². The molecule has 1 heterocycles. The molecule has 0 spiro atoms. The zero-order valence-electron chi connectivity index (χ0n) is 13.9. The van der Waals surface area contributed by atoms with Crippen LogP contribution in [0.15, 0.2) is 58.0 Å². The van der Waals surface area contributed by atoms with Gasteiger partial charge in [-0.1, -0.05) is 12.1 Å². The van der Waals surface area contributed by atoms with Crippen molar-refractivity contribution in [3.8, 4) is 0 Å². The van der Waals surface area contributed by atoms with Gasteiger partial charge in [0.1, 0.15) is 5.58 Å². The minimum Gasteiger partial charge on any atom is -0.464 e. The normalized spacial score (nSPS) is 11.6. The number of sulfonamides is 1. The molecule has 1 aromatic heterocycles. The molecule has 0 bridgehead atoms. The number of rotatable bonds is 5. The molecule has 7 heteroatoms. The van der Waals surface area contributed by atoms with E-state index in [0.29, 0.717) is 5.69 Å². The molecule has 0 atom stereocenters. The van der Waals surface area contributed by atoms with Crippen molar-refractivity contribution in [2.75, 3.05) is 12.4 Å². The van der Waals surface area contributed by atoms with Gasteiger partial charge in [0.05, 0.1) is 17.6 Å². The number of fused-ring (bicyclic) bond motifs is 1. The maximum absolute atomic E-state index is 12.2. The van der Waals surface area contributed by atoms with Crippen molar-refractivity contribution in [1.29, 1.82) is 0 Å². The van der Waals surface area contributed by atoms with Crippen molar-refractivity contribution in [3.63, 3.8) is 0 Å². The highest BCUT2D eigenvalue weighted by atomic mass is 32.2. The van der Waals surface area contributed by atoms with Gasteiger partial charge in [0.15, 0.2) is 0 Å². The Kier molecular flexibility index (Phi) is 4.61. The fourth-order valence-electron chi connectivity index (χ4n) is 2.54. The summed E-state index contributed by atoms with van der Waals surface area (Å²) >= 11 is 0. The number of anilines is 1. The average Bonchev–Trinajstić information content (AvgIpc) is 2.97. The molecule has 0 aliphatic carbocycles. The lowest BCUT2D eigenvalue weighted by atomic mass is 10.1. The van der Waals surface area contributed by atoms with Gasteiger partial charge in [-0.05, 0) is 49.9 Å². The summed E-state index contributed by atoms with van der Waals surface area (Å²) in [6.45, 7) is 1.98. The summed E-state index contributed by atoms with van der Waals surface area (Å²) in [5, 5.41) is 3.67. The van der Waals surface area contributed by atoms with Gasteiger partial charge in [-0.2, -0.15) is 0 Å². The fourth-order valence-corrected chi connectivity index (χ4v) is 3.27. The molecule has 130 valence electrons. The monoisotopic (exact) mass is 358 g/mol. The molecule has 0 radical (unpaired) electrons. The Balaban J connectivity index is 1.72. The van der Waals surface area contributed by atoms with Crippen LogP contribution < -0.4 is 10.0 Å². The molecule has 2 aromatic carbocycles. The molecule has 0 aliphatic rings. The third kappa shape index (κ3) is 3.72. The molecule has 6 nitrogen and oxygen atoms in total. The third-order valence-electron chi connectivity index (χ3n) is 3.88. The summed E-state index contributed by atoms with van der Waals surface area (Å²) in [5.74, 6) is -0.201. The highest BCUT2D eigenvalue weighted by Gasteiger charge is 2.13. The van der Waals surface area contributed by atoms with Gasteiger partial charge >= 0.3 is 0 Å². The molecule has 0 unspecified atom stereocenters. The van der Waals surface area contributed by atoms with E-state index in [1.165, 1.54) is 19.2 Å². The molecule has 2 N–H and O–H groups in total. The number of nitrogens with one attached hydrogen (secondary N) is 2. The zero-order valence-corrected chi connectivity index (χ0v) is 14.7. The summed E-state index contributed by atoms with van der Waals surface area (Å²) < 4.78 is 31.1. The van der Waals surface area contributed by atoms with Gasteiger partial charge in [0.25, 0.3) is 0 Å². The number of hydrogen-bond donors (Lipinski definition) is 2. The predicted octanol–water partition coefficient (Wildman–Crippen LogP) is 2.83. The van der Waals surface area contributed by atoms with E-state index in [1.54, 1.807) is 18.4 Å². The fraction of sp³-hybridized carbons (Fsp3) is 0.167. The summed E-state index contributed by atoms with van der Waals surface area (Å²) in [5.41, 5.74) is 3.18. The molecule has 0 fully saturated rings. The number of carbonyl (C=O) groups is 1. The first-order valence-corrected chi connectivity index (χ1v) is 9.17. The molecular weight excluding hydrogens is 340 g/mol. The van der Waals surface area contributed by atoms with Crippen LogP contribution >= 0.6 is 0 Å². The van der Waals surface area contributed by atoms with Crippen molar-refractivity contribution in [1.82, 2.24) is 4.72 Å². The number of benzene rings is 2. The van der Waals surface area contributed by atoms with Crippen LogP contribution in [0.3, 0.4) is 0 Å². The standard InChI is InChI=1S/C18H18N2O4S/c1-12-3-8-16-13(11-24-17(16)9-12)10-18(21)20-14-4-6-15(7-5-14)25(22,23)19-2/h3-9,11,19H,10H2,1-2H3,(H,20,21). The van der Waals surface area contributed by atoms with Crippen molar-refractivity contribution in [3.05, 3.63) is 59.9 Å². The summed E-state index contributed by atoms with van der Waals surface area (Å²) in [6, 6.07) is 11.8. The zero-order chi connectivity index (χ0) is 18.0. The predicted molar refractivity (Wildman–Crippen MR) is 96.0 cm³/mol. The first kappa shape index (κ1) is 17.2. The van der Waals surface area contributed by atoms with Crippen molar-refractivity contribution in [2.45, 2.75) is 18.2 Å². The van der Waals surface area contributed by atoms with Gasteiger partial charge in [0, 0.05) is 16.6 Å². The van der Waals surface area contributed by atoms with Crippen molar-refractivity contribution < 1.29 is 17.6 Å². The number of aryl methyl sites for hydroxylation is 1. The topological polar surface area (TPSA) is 88.4 Å². The first-order chi connectivity index (χ1) is 11.9. The van der Waals surface area contributed by atoms with Crippen molar-refractivity contribution in [2.24, 2.45) is 0 Å². The first-order valence-electron chi connectivity index (χ1n) is 7.69. The van der Waals surface area contributed by atoms with Gasteiger partial charge in [-0.25, -0.2) is 13.1 Å². The largest absolute Gasteiger partial charge is 0.464 e. The van der Waals surface area contributed by atoms with Gasteiger partial charge in [0.2, 0.25) is 15.9 Å². The van der Waals surface area contributed by atoms with Gasteiger partial charge in [-0.15, -0.1) is 0 Å². The van der Waals surface area contributed by atoms with E-state index < -0.39 is 10.0 Å². The number of hydrogen-bond acceptors (Lipinski definition) is 4. The Labute approximate surface area is 145 Å². The average molecular weight is 358 g/mol. The smallest absolute Gasteiger partial charge is 0.240 e. The molecule has 0 saturated heterocycles. The minimum absolute atomic E-state index is 0.143.